The van der Waals surface area contributed by atoms with E-state index < -0.39 is 27.6 Å². The Labute approximate surface area is 385 Å². The van der Waals surface area contributed by atoms with Crippen LogP contribution in [0.25, 0.3) is 33.5 Å². The van der Waals surface area contributed by atoms with Crippen molar-refractivity contribution < 1.29 is 32.9 Å². The Kier molecular flexibility index (Phi) is 14.6. The molecule has 0 atom stereocenters. The van der Waals surface area contributed by atoms with Gasteiger partial charge >= 0.3 is 12.1 Å². The zero-order valence-electron chi connectivity index (χ0n) is 40.1. The standard InChI is InChI=1S/C49H68FN7O6Si2/c1-11-36-28-44(62-32-35-15-13-12-14-16-35)40(50)29-39(36)37-17-18-38-42(27-37)57(34-61-24-26-65(8,9)10)52-45(38)46-51-41-30-55(31-43(41)56(46)33-60-23-25-64(5,6)7)47(58)53-19-21-54(22-20-53)48(59)63-49(2,3)4/h12-18,27-29H,11,19-26,30-34H2,1-10H3. The predicted octanol–water partition coefficient (Wildman–Crippen LogP) is 10.5. The van der Waals surface area contributed by atoms with Crippen LogP contribution in [0, 0.1) is 5.82 Å². The maximum Gasteiger partial charge on any atom is 0.410 e. The maximum absolute atomic E-state index is 15.8. The number of hydrogen-bond donors (Lipinski definition) is 0. The molecule has 0 bridgehead atoms. The van der Waals surface area contributed by atoms with Crippen molar-refractivity contribution in [3.8, 4) is 28.4 Å². The van der Waals surface area contributed by atoms with Gasteiger partial charge in [0.05, 0.1) is 30.0 Å². The summed E-state index contributed by atoms with van der Waals surface area (Å²) in [5, 5.41) is 6.09. The highest BCUT2D eigenvalue weighted by Gasteiger charge is 2.36. The summed E-state index contributed by atoms with van der Waals surface area (Å²) >= 11 is 0. The lowest BCUT2D eigenvalue weighted by atomic mass is 9.96. The van der Waals surface area contributed by atoms with Crippen molar-refractivity contribution in [1.82, 2.24) is 34.0 Å². The van der Waals surface area contributed by atoms with Crippen LogP contribution in [0.1, 0.15) is 50.2 Å². The summed E-state index contributed by atoms with van der Waals surface area (Å²) in [4.78, 5) is 37.2. The quantitative estimate of drug-likeness (QED) is 0.0710. The van der Waals surface area contributed by atoms with Gasteiger partial charge in [0.2, 0.25) is 0 Å². The third-order valence-corrected chi connectivity index (χ3v) is 15.2. The minimum atomic E-state index is -1.37. The summed E-state index contributed by atoms with van der Waals surface area (Å²) in [6, 6.07) is 21.2. The fourth-order valence-electron chi connectivity index (χ4n) is 7.99. The molecule has 5 aromatic rings. The third-order valence-electron chi connectivity index (χ3n) is 11.8. The van der Waals surface area contributed by atoms with E-state index in [0.717, 1.165) is 56.6 Å². The Balaban J connectivity index is 1.19. The van der Waals surface area contributed by atoms with Crippen LogP contribution in [-0.4, -0.2) is 107 Å². The van der Waals surface area contributed by atoms with Crippen LogP contribution in [-0.2, 0) is 53.8 Å². The van der Waals surface area contributed by atoms with Crippen molar-refractivity contribution in [3.05, 3.63) is 89.0 Å². The van der Waals surface area contributed by atoms with Crippen LogP contribution >= 0.6 is 0 Å². The zero-order chi connectivity index (χ0) is 46.7. The van der Waals surface area contributed by atoms with Gasteiger partial charge in [-0.25, -0.2) is 23.6 Å². The van der Waals surface area contributed by atoms with Crippen molar-refractivity contribution in [2.75, 3.05) is 39.4 Å². The van der Waals surface area contributed by atoms with Gasteiger partial charge in [-0.05, 0) is 85.8 Å². The van der Waals surface area contributed by atoms with Gasteiger partial charge in [-0.3, -0.25) is 0 Å². The van der Waals surface area contributed by atoms with Gasteiger partial charge in [0.1, 0.15) is 31.4 Å². The number of carbonyl (C=O) groups excluding carboxylic acids is 2. The fourth-order valence-corrected chi connectivity index (χ4v) is 9.50. The minimum absolute atomic E-state index is 0.0870. The summed E-state index contributed by atoms with van der Waals surface area (Å²) in [5.41, 5.74) is 6.25. The van der Waals surface area contributed by atoms with E-state index in [2.05, 4.69) is 56.8 Å². The second-order valence-electron chi connectivity index (χ2n) is 20.7. The smallest absolute Gasteiger partial charge is 0.410 e. The molecule has 0 unspecified atom stereocenters. The number of urea groups is 1. The number of carbonyl (C=O) groups is 2. The van der Waals surface area contributed by atoms with E-state index in [1.807, 2.05) is 78.9 Å². The molecule has 2 aliphatic rings. The van der Waals surface area contributed by atoms with Crippen LogP contribution in [0.5, 0.6) is 5.75 Å². The Hall–Kier alpha value is -5.04. The van der Waals surface area contributed by atoms with Gasteiger partial charge in [-0.1, -0.05) is 82.6 Å². The molecule has 0 radical (unpaired) electrons. The molecule has 0 N–H and O–H groups in total. The van der Waals surface area contributed by atoms with Crippen LogP contribution in [0.15, 0.2) is 60.7 Å². The number of imidazole rings is 1. The Morgan fingerprint density at radius 3 is 2.11 bits per heavy atom. The predicted molar refractivity (Wildman–Crippen MR) is 259 cm³/mol. The molecule has 13 nitrogen and oxygen atoms in total. The highest BCUT2D eigenvalue weighted by atomic mass is 28.3. The summed E-state index contributed by atoms with van der Waals surface area (Å²) < 4.78 is 44.1. The first-order chi connectivity index (χ1) is 30.8. The Morgan fingerprint density at radius 2 is 1.46 bits per heavy atom. The molecule has 4 heterocycles. The van der Waals surface area contributed by atoms with E-state index in [0.29, 0.717) is 70.4 Å². The lowest BCUT2D eigenvalue weighted by Crippen LogP contribution is -2.54. The molecule has 0 spiro atoms. The van der Waals surface area contributed by atoms with Crippen molar-refractivity contribution in [1.29, 1.82) is 0 Å². The number of fused-ring (bicyclic) bond motifs is 2. The summed E-state index contributed by atoms with van der Waals surface area (Å²) in [6.45, 7) is 26.0. The van der Waals surface area contributed by atoms with Gasteiger partial charge < -0.3 is 38.2 Å². The maximum atomic E-state index is 15.8. The van der Waals surface area contributed by atoms with E-state index in [1.54, 1.807) is 15.9 Å². The largest absolute Gasteiger partial charge is 0.486 e. The van der Waals surface area contributed by atoms with Crippen LogP contribution in [0.3, 0.4) is 0 Å². The topological polar surface area (TPSA) is 116 Å². The number of amides is 3. The number of hydrogen-bond acceptors (Lipinski definition) is 8. The molecule has 2 aliphatic heterocycles. The molecule has 3 aromatic carbocycles. The second kappa shape index (κ2) is 19.8. The first-order valence-electron chi connectivity index (χ1n) is 23.0. The Morgan fingerprint density at radius 1 is 0.800 bits per heavy atom. The summed E-state index contributed by atoms with van der Waals surface area (Å²) in [6.07, 6.45) is 0.322. The average Bonchev–Trinajstić information content (AvgIpc) is 3.93. The molecule has 65 heavy (non-hydrogen) atoms. The number of halogens is 1. The van der Waals surface area contributed by atoms with E-state index in [-0.39, 0.29) is 37.9 Å². The first kappa shape index (κ1) is 47.9. The van der Waals surface area contributed by atoms with Gasteiger partial charge in [-0.15, -0.1) is 0 Å². The SMILES string of the molecule is CCc1cc(OCc2ccccc2)c(F)cc1-c1ccc2c(-c3nc4c(n3COCC[Si](C)(C)C)CN(C(=O)N3CCN(C(=O)OC(C)(C)C)CC3)C4)nn(COCC[Si](C)(C)C)c2c1. The van der Waals surface area contributed by atoms with Gasteiger partial charge in [0.25, 0.3) is 0 Å². The van der Waals surface area contributed by atoms with Crippen molar-refractivity contribution in [2.24, 2.45) is 0 Å². The normalized spacial score (nSPS) is 14.7. The van der Waals surface area contributed by atoms with Gasteiger partial charge in [-0.2, -0.15) is 5.10 Å². The van der Waals surface area contributed by atoms with E-state index >= 15 is 4.39 Å². The molecular formula is C49H68FN7O6Si2. The van der Waals surface area contributed by atoms with Crippen molar-refractivity contribution in [3.63, 3.8) is 0 Å². The highest BCUT2D eigenvalue weighted by Crippen LogP contribution is 2.37. The molecule has 3 amide bonds. The third kappa shape index (κ3) is 12.1. The molecule has 1 saturated heterocycles. The van der Waals surface area contributed by atoms with Crippen LogP contribution in [0.4, 0.5) is 14.0 Å². The number of aryl methyl sites for hydroxylation is 1. The summed E-state index contributed by atoms with van der Waals surface area (Å²) in [7, 11) is -2.72. The molecule has 16 heteroatoms. The summed E-state index contributed by atoms with van der Waals surface area (Å²) in [5.74, 6) is 0.477. The first-order valence-corrected chi connectivity index (χ1v) is 30.4. The van der Waals surface area contributed by atoms with Crippen LogP contribution in [0.2, 0.25) is 51.4 Å². The fraction of sp³-hybridized carbons (Fsp3) is 0.510. The Bertz CT molecular complexity index is 2460. The van der Waals surface area contributed by atoms with E-state index in [1.165, 1.54) is 0 Å². The molecule has 7 rings (SSSR count). The van der Waals surface area contributed by atoms with Crippen molar-refractivity contribution in [2.45, 2.75) is 124 Å². The highest BCUT2D eigenvalue weighted by molar-refractivity contribution is 6.76. The number of benzene rings is 3. The molecular weight excluding hydrogens is 858 g/mol. The molecule has 0 aliphatic carbocycles. The number of aromatic nitrogens is 4. The van der Waals surface area contributed by atoms with E-state index in [4.69, 9.17) is 29.0 Å². The lowest BCUT2D eigenvalue weighted by Gasteiger charge is -2.37. The second-order valence-corrected chi connectivity index (χ2v) is 31.9. The molecule has 2 aromatic heterocycles. The molecule has 350 valence electrons. The molecule has 0 saturated carbocycles. The van der Waals surface area contributed by atoms with E-state index in [9.17, 15) is 9.59 Å². The minimum Gasteiger partial charge on any atom is -0.486 e. The number of rotatable bonds is 16. The van der Waals surface area contributed by atoms with Gasteiger partial charge in [0, 0.05) is 60.9 Å². The zero-order valence-corrected chi connectivity index (χ0v) is 42.1. The number of piperazine rings is 1. The van der Waals surface area contributed by atoms with Crippen molar-refractivity contribution >= 4 is 39.2 Å². The van der Waals surface area contributed by atoms with Gasteiger partial charge in [0.15, 0.2) is 17.4 Å². The monoisotopic (exact) mass is 925 g/mol. The van der Waals surface area contributed by atoms with Crippen LogP contribution < -0.4 is 4.74 Å². The molecule has 1 fully saturated rings. The number of nitrogens with zero attached hydrogens (tertiary/aromatic N) is 7. The lowest BCUT2D eigenvalue weighted by molar-refractivity contribution is 0.0156. The number of ether oxygens (including phenoxy) is 4. The average molecular weight is 926 g/mol.